The van der Waals surface area contributed by atoms with Gasteiger partial charge in [-0.2, -0.15) is 0 Å². The van der Waals surface area contributed by atoms with Crippen molar-refractivity contribution in [2.24, 2.45) is 0 Å². The molecule has 4 nitrogen and oxygen atoms in total. The molecule has 0 fully saturated rings. The van der Waals surface area contributed by atoms with Crippen molar-refractivity contribution in [2.75, 3.05) is 5.32 Å². The maximum atomic E-state index is 11.1. The maximum Gasteiger partial charge on any atom is 0.221 e. The molecule has 1 amide bonds. The smallest absolute Gasteiger partial charge is 0.221 e. The highest BCUT2D eigenvalue weighted by Gasteiger charge is 2.14. The highest BCUT2D eigenvalue weighted by atomic mass is 16.5. The van der Waals surface area contributed by atoms with Gasteiger partial charge in [0, 0.05) is 24.4 Å². The average molecular weight is 294 g/mol. The Balaban J connectivity index is 1.89. The Hall–Kier alpha value is -2.75. The summed E-state index contributed by atoms with van der Waals surface area (Å²) in [4.78, 5) is 11.1. The van der Waals surface area contributed by atoms with Gasteiger partial charge in [-0.3, -0.25) is 4.79 Å². The van der Waals surface area contributed by atoms with Gasteiger partial charge in [-0.25, -0.2) is 0 Å². The Labute approximate surface area is 129 Å². The highest BCUT2D eigenvalue weighted by Crippen LogP contribution is 2.29. The highest BCUT2D eigenvalue weighted by molar-refractivity contribution is 5.89. The number of anilines is 1. The van der Waals surface area contributed by atoms with Gasteiger partial charge in [0.05, 0.1) is 0 Å². The van der Waals surface area contributed by atoms with E-state index in [-0.39, 0.29) is 12.1 Å². The van der Waals surface area contributed by atoms with Crippen molar-refractivity contribution in [1.29, 1.82) is 0 Å². The molecule has 4 heteroatoms. The summed E-state index contributed by atoms with van der Waals surface area (Å²) in [5.41, 5.74) is 5.34. The number of carbonyl (C=O) groups excluding carboxylic acids is 1. The number of carbonyl (C=O) groups is 1. The predicted octanol–water partition coefficient (Wildman–Crippen LogP) is 3.71. The predicted molar refractivity (Wildman–Crippen MR) is 87.0 cm³/mol. The number of rotatable bonds is 3. The van der Waals surface area contributed by atoms with Crippen LogP contribution in [0.25, 0.3) is 11.1 Å². The zero-order valence-corrected chi connectivity index (χ0v) is 12.6. The van der Waals surface area contributed by atoms with Gasteiger partial charge >= 0.3 is 0 Å². The number of ether oxygens (including phenoxy) is 1. The quantitative estimate of drug-likeness (QED) is 0.907. The third-order valence-electron chi connectivity index (χ3n) is 3.61. The van der Waals surface area contributed by atoms with E-state index >= 15 is 0 Å². The van der Waals surface area contributed by atoms with Crippen molar-refractivity contribution >= 4 is 11.6 Å². The normalized spacial score (nSPS) is 16.0. The van der Waals surface area contributed by atoms with E-state index in [1.165, 1.54) is 12.5 Å². The molecule has 2 aromatic rings. The fourth-order valence-electron chi connectivity index (χ4n) is 2.51. The van der Waals surface area contributed by atoms with Gasteiger partial charge in [-0.1, -0.05) is 24.3 Å². The first-order valence-corrected chi connectivity index (χ1v) is 7.18. The van der Waals surface area contributed by atoms with Crippen LogP contribution in [-0.2, 0) is 9.53 Å². The van der Waals surface area contributed by atoms with Crippen LogP contribution in [0, 0.1) is 6.92 Å². The van der Waals surface area contributed by atoms with Crippen molar-refractivity contribution in [1.82, 2.24) is 5.32 Å². The molecular weight excluding hydrogens is 276 g/mol. The zero-order chi connectivity index (χ0) is 15.5. The lowest BCUT2D eigenvalue weighted by Crippen LogP contribution is -2.11. The molecular formula is C18H18N2O2. The molecule has 1 aliphatic rings. The van der Waals surface area contributed by atoms with Gasteiger partial charge in [-0.15, -0.1) is 0 Å². The molecule has 1 unspecified atom stereocenters. The van der Waals surface area contributed by atoms with Gasteiger partial charge in [0.15, 0.2) is 6.23 Å². The number of hydrogen-bond donors (Lipinski definition) is 2. The van der Waals surface area contributed by atoms with Crippen LogP contribution in [0.3, 0.4) is 0 Å². The molecule has 0 spiro atoms. The van der Waals surface area contributed by atoms with Gasteiger partial charge in [0.2, 0.25) is 5.91 Å². The van der Waals surface area contributed by atoms with Crippen LogP contribution in [0.1, 0.15) is 24.3 Å². The minimum absolute atomic E-state index is 0.0668. The van der Waals surface area contributed by atoms with Crippen LogP contribution in [0.15, 0.2) is 54.9 Å². The Morgan fingerprint density at radius 3 is 2.59 bits per heavy atom. The Morgan fingerprint density at radius 1 is 1.18 bits per heavy atom. The summed E-state index contributed by atoms with van der Waals surface area (Å²) in [6.07, 6.45) is 3.33. The summed E-state index contributed by atoms with van der Waals surface area (Å²) in [6, 6.07) is 14.1. The SMILES string of the molecule is CC(=O)Nc1ccc(-c2cc(C3NC=CO3)ccc2C)cc1. The summed E-state index contributed by atoms with van der Waals surface area (Å²) in [5.74, 6) is -0.0668. The molecule has 2 aromatic carbocycles. The second-order valence-electron chi connectivity index (χ2n) is 5.32. The molecule has 0 radical (unpaired) electrons. The van der Waals surface area contributed by atoms with E-state index in [4.69, 9.17) is 4.74 Å². The lowest BCUT2D eigenvalue weighted by molar-refractivity contribution is -0.114. The van der Waals surface area contributed by atoms with Crippen molar-refractivity contribution in [3.05, 3.63) is 66.1 Å². The molecule has 0 bridgehead atoms. The third kappa shape index (κ3) is 2.96. The molecule has 0 saturated heterocycles. The molecule has 3 rings (SSSR count). The summed E-state index contributed by atoms with van der Waals surface area (Å²) >= 11 is 0. The monoisotopic (exact) mass is 294 g/mol. The van der Waals surface area contributed by atoms with Crippen molar-refractivity contribution in [3.8, 4) is 11.1 Å². The third-order valence-corrected chi connectivity index (χ3v) is 3.61. The first-order chi connectivity index (χ1) is 10.6. The molecule has 0 saturated carbocycles. The number of aryl methyl sites for hydroxylation is 1. The topological polar surface area (TPSA) is 50.4 Å². The minimum Gasteiger partial charge on any atom is -0.473 e. The molecule has 22 heavy (non-hydrogen) atoms. The van der Waals surface area contributed by atoms with Crippen molar-refractivity contribution in [3.63, 3.8) is 0 Å². The first kappa shape index (κ1) is 14.2. The Kier molecular flexibility index (Phi) is 3.83. The van der Waals surface area contributed by atoms with Crippen LogP contribution >= 0.6 is 0 Å². The van der Waals surface area contributed by atoms with Gasteiger partial charge < -0.3 is 15.4 Å². The molecule has 0 aromatic heterocycles. The fourth-order valence-corrected chi connectivity index (χ4v) is 2.51. The van der Waals surface area contributed by atoms with E-state index in [1.807, 2.05) is 24.3 Å². The summed E-state index contributed by atoms with van der Waals surface area (Å²) in [6.45, 7) is 3.59. The number of nitrogens with one attached hydrogen (secondary N) is 2. The zero-order valence-electron chi connectivity index (χ0n) is 12.6. The molecule has 112 valence electrons. The largest absolute Gasteiger partial charge is 0.473 e. The van der Waals surface area contributed by atoms with Crippen LogP contribution < -0.4 is 10.6 Å². The lowest BCUT2D eigenvalue weighted by Gasteiger charge is -2.15. The maximum absolute atomic E-state index is 11.1. The van der Waals surface area contributed by atoms with Crippen LogP contribution in [0.4, 0.5) is 5.69 Å². The summed E-state index contributed by atoms with van der Waals surface area (Å²) in [5, 5.41) is 5.93. The number of hydrogen-bond acceptors (Lipinski definition) is 3. The second kappa shape index (κ2) is 5.93. The molecule has 1 aliphatic heterocycles. The standard InChI is InChI=1S/C18H18N2O2/c1-12-3-4-15(18-19-9-10-22-18)11-17(12)14-5-7-16(8-6-14)20-13(2)21/h3-11,18-19H,1-2H3,(H,20,21). The van der Waals surface area contributed by atoms with Gasteiger partial charge in [0.25, 0.3) is 0 Å². The van der Waals surface area contributed by atoms with E-state index in [9.17, 15) is 4.79 Å². The van der Waals surface area contributed by atoms with Crippen molar-refractivity contribution < 1.29 is 9.53 Å². The molecule has 2 N–H and O–H groups in total. The second-order valence-corrected chi connectivity index (χ2v) is 5.32. The minimum atomic E-state index is -0.127. The first-order valence-electron chi connectivity index (χ1n) is 7.18. The Morgan fingerprint density at radius 2 is 1.95 bits per heavy atom. The van der Waals surface area contributed by atoms with E-state index in [1.54, 1.807) is 12.5 Å². The van der Waals surface area contributed by atoms with E-state index in [2.05, 4.69) is 35.8 Å². The summed E-state index contributed by atoms with van der Waals surface area (Å²) < 4.78 is 5.49. The van der Waals surface area contributed by atoms with E-state index < -0.39 is 0 Å². The van der Waals surface area contributed by atoms with E-state index in [0.29, 0.717) is 0 Å². The number of benzene rings is 2. The van der Waals surface area contributed by atoms with Crippen LogP contribution in [-0.4, -0.2) is 5.91 Å². The van der Waals surface area contributed by atoms with Crippen LogP contribution in [0.5, 0.6) is 0 Å². The van der Waals surface area contributed by atoms with E-state index in [0.717, 1.165) is 22.4 Å². The Bertz CT molecular complexity index is 712. The van der Waals surface area contributed by atoms with Crippen LogP contribution in [0.2, 0.25) is 0 Å². The lowest BCUT2D eigenvalue weighted by atomic mass is 9.97. The molecule has 1 atom stereocenters. The van der Waals surface area contributed by atoms with Gasteiger partial charge in [-0.05, 0) is 41.8 Å². The molecule has 1 heterocycles. The fraction of sp³-hybridized carbons (Fsp3) is 0.167. The van der Waals surface area contributed by atoms with Crippen molar-refractivity contribution in [2.45, 2.75) is 20.1 Å². The molecule has 0 aliphatic carbocycles. The van der Waals surface area contributed by atoms with Gasteiger partial charge in [0.1, 0.15) is 6.26 Å². The summed E-state index contributed by atoms with van der Waals surface area (Å²) in [7, 11) is 0. The number of amides is 1. The average Bonchev–Trinajstić information content (AvgIpc) is 3.02.